The molecule has 8 heteroatoms. The largest absolute Gasteiger partial charge is 0.452 e. The van der Waals surface area contributed by atoms with E-state index in [9.17, 15) is 18.8 Å². The van der Waals surface area contributed by atoms with Gasteiger partial charge in [-0.1, -0.05) is 11.6 Å². The molecule has 0 spiro atoms. The van der Waals surface area contributed by atoms with Crippen molar-refractivity contribution in [2.45, 2.75) is 0 Å². The van der Waals surface area contributed by atoms with Crippen molar-refractivity contribution in [1.29, 1.82) is 0 Å². The summed E-state index contributed by atoms with van der Waals surface area (Å²) < 4.78 is 18.2. The van der Waals surface area contributed by atoms with Crippen molar-refractivity contribution in [2.24, 2.45) is 0 Å². The van der Waals surface area contributed by atoms with Gasteiger partial charge in [-0.3, -0.25) is 9.59 Å². The Morgan fingerprint density at radius 1 is 1.38 bits per heavy atom. The number of hydrogen-bond donors (Lipinski definition) is 1. The molecule has 0 saturated carbocycles. The van der Waals surface area contributed by atoms with Crippen LogP contribution in [0.3, 0.4) is 0 Å². The third-order valence-electron chi connectivity index (χ3n) is 2.56. The SMILES string of the molecule is CNC(=O)CN(C)C(=O)COC(=O)c1ccc(Cl)cc1F. The molecule has 0 atom stereocenters. The first-order valence-electron chi connectivity index (χ1n) is 5.92. The zero-order valence-electron chi connectivity index (χ0n) is 11.5. The number of rotatable bonds is 5. The molecule has 6 nitrogen and oxygen atoms in total. The maximum atomic E-state index is 13.5. The Morgan fingerprint density at radius 3 is 2.62 bits per heavy atom. The smallest absolute Gasteiger partial charge is 0.341 e. The summed E-state index contributed by atoms with van der Waals surface area (Å²) in [6.07, 6.45) is 0. The van der Waals surface area contributed by atoms with E-state index in [1.54, 1.807) is 0 Å². The van der Waals surface area contributed by atoms with Gasteiger partial charge in [0.05, 0.1) is 12.1 Å². The summed E-state index contributed by atoms with van der Waals surface area (Å²) >= 11 is 5.56. The molecule has 0 aliphatic carbocycles. The summed E-state index contributed by atoms with van der Waals surface area (Å²) in [7, 11) is 2.82. The van der Waals surface area contributed by atoms with Crippen LogP contribution in [0.5, 0.6) is 0 Å². The number of amides is 2. The van der Waals surface area contributed by atoms with Gasteiger partial charge in [-0.05, 0) is 18.2 Å². The van der Waals surface area contributed by atoms with E-state index in [1.807, 2.05) is 0 Å². The van der Waals surface area contributed by atoms with E-state index in [0.29, 0.717) is 0 Å². The second kappa shape index (κ2) is 7.58. The van der Waals surface area contributed by atoms with Crippen LogP contribution in [-0.2, 0) is 14.3 Å². The number of esters is 1. The number of benzene rings is 1. The van der Waals surface area contributed by atoms with Gasteiger partial charge in [-0.2, -0.15) is 0 Å². The minimum Gasteiger partial charge on any atom is -0.452 e. The van der Waals surface area contributed by atoms with E-state index >= 15 is 0 Å². The van der Waals surface area contributed by atoms with E-state index in [2.05, 4.69) is 5.32 Å². The lowest BCUT2D eigenvalue weighted by Crippen LogP contribution is -2.39. The molecule has 1 aromatic carbocycles. The van der Waals surface area contributed by atoms with Crippen LogP contribution >= 0.6 is 11.6 Å². The second-order valence-corrected chi connectivity index (χ2v) is 4.56. The van der Waals surface area contributed by atoms with Crippen molar-refractivity contribution >= 4 is 29.4 Å². The topological polar surface area (TPSA) is 75.7 Å². The molecule has 1 rings (SSSR count). The van der Waals surface area contributed by atoms with E-state index in [1.165, 1.54) is 26.2 Å². The van der Waals surface area contributed by atoms with E-state index < -0.39 is 24.3 Å². The lowest BCUT2D eigenvalue weighted by molar-refractivity contribution is -0.137. The molecular formula is C13H14ClFN2O4. The minimum absolute atomic E-state index is 0.144. The van der Waals surface area contributed by atoms with Gasteiger partial charge in [0.25, 0.3) is 5.91 Å². The van der Waals surface area contributed by atoms with Gasteiger partial charge in [0.2, 0.25) is 5.91 Å². The molecule has 0 fully saturated rings. The summed E-state index contributed by atoms with van der Waals surface area (Å²) in [5, 5.41) is 2.50. The van der Waals surface area contributed by atoms with Crippen LogP contribution in [0.4, 0.5) is 4.39 Å². The van der Waals surface area contributed by atoms with Crippen molar-refractivity contribution in [1.82, 2.24) is 10.2 Å². The fraction of sp³-hybridized carbons (Fsp3) is 0.308. The van der Waals surface area contributed by atoms with Gasteiger partial charge < -0.3 is 15.0 Å². The van der Waals surface area contributed by atoms with Crippen LogP contribution in [-0.4, -0.2) is 49.9 Å². The molecule has 114 valence electrons. The Bertz CT molecular complexity index is 565. The van der Waals surface area contributed by atoms with Crippen LogP contribution in [0.25, 0.3) is 0 Å². The number of hydrogen-bond acceptors (Lipinski definition) is 4. The molecule has 0 aromatic heterocycles. The van der Waals surface area contributed by atoms with Gasteiger partial charge in [-0.25, -0.2) is 9.18 Å². The first-order chi connectivity index (χ1) is 9.85. The maximum absolute atomic E-state index is 13.5. The van der Waals surface area contributed by atoms with Crippen molar-refractivity contribution in [3.63, 3.8) is 0 Å². The van der Waals surface area contributed by atoms with E-state index in [4.69, 9.17) is 16.3 Å². The fourth-order valence-electron chi connectivity index (χ4n) is 1.35. The van der Waals surface area contributed by atoms with Gasteiger partial charge >= 0.3 is 5.97 Å². The summed E-state index contributed by atoms with van der Waals surface area (Å²) in [6, 6.07) is 3.47. The lowest BCUT2D eigenvalue weighted by atomic mass is 10.2. The number of nitrogens with one attached hydrogen (secondary N) is 1. The predicted molar refractivity (Wildman–Crippen MR) is 73.4 cm³/mol. The Labute approximate surface area is 125 Å². The number of ether oxygens (including phenoxy) is 1. The highest BCUT2D eigenvalue weighted by atomic mass is 35.5. The van der Waals surface area contributed by atoms with Crippen molar-refractivity contribution in [2.75, 3.05) is 27.2 Å². The molecule has 0 bridgehead atoms. The zero-order valence-corrected chi connectivity index (χ0v) is 12.2. The molecule has 2 amide bonds. The maximum Gasteiger partial charge on any atom is 0.341 e. The number of likely N-dealkylation sites (N-methyl/N-ethyl adjacent to an activating group) is 2. The number of nitrogens with zero attached hydrogens (tertiary/aromatic N) is 1. The van der Waals surface area contributed by atoms with Crippen molar-refractivity contribution in [3.05, 3.63) is 34.6 Å². The molecule has 0 radical (unpaired) electrons. The van der Waals surface area contributed by atoms with Crippen LogP contribution in [0.15, 0.2) is 18.2 Å². The van der Waals surface area contributed by atoms with E-state index in [0.717, 1.165) is 11.0 Å². The predicted octanol–water partition coefficient (Wildman–Crippen LogP) is 0.840. The average Bonchev–Trinajstić information content (AvgIpc) is 2.43. The zero-order chi connectivity index (χ0) is 16.0. The first kappa shape index (κ1) is 16.9. The van der Waals surface area contributed by atoms with Crippen LogP contribution in [0, 0.1) is 5.82 Å². The molecule has 0 saturated heterocycles. The quantitative estimate of drug-likeness (QED) is 0.817. The van der Waals surface area contributed by atoms with Crippen molar-refractivity contribution in [3.8, 4) is 0 Å². The average molecular weight is 317 g/mol. The number of carbonyl (C=O) groups excluding carboxylic acids is 3. The van der Waals surface area contributed by atoms with Crippen LogP contribution in [0.2, 0.25) is 5.02 Å². The van der Waals surface area contributed by atoms with Crippen molar-refractivity contribution < 1.29 is 23.5 Å². The van der Waals surface area contributed by atoms with E-state index in [-0.39, 0.29) is 23.0 Å². The monoisotopic (exact) mass is 316 g/mol. The third-order valence-corrected chi connectivity index (χ3v) is 2.80. The molecule has 21 heavy (non-hydrogen) atoms. The Balaban J connectivity index is 2.56. The van der Waals surface area contributed by atoms with Gasteiger partial charge in [0.15, 0.2) is 6.61 Å². The Hall–Kier alpha value is -2.15. The fourth-order valence-corrected chi connectivity index (χ4v) is 1.51. The summed E-state index contributed by atoms with van der Waals surface area (Å²) in [4.78, 5) is 35.4. The van der Waals surface area contributed by atoms with Gasteiger partial charge in [-0.15, -0.1) is 0 Å². The summed E-state index contributed by atoms with van der Waals surface area (Å²) in [5.74, 6) is -2.76. The normalized spacial score (nSPS) is 9.90. The molecule has 0 aliphatic heterocycles. The third kappa shape index (κ3) is 5.03. The number of carbonyl (C=O) groups is 3. The van der Waals surface area contributed by atoms with Crippen LogP contribution in [0.1, 0.15) is 10.4 Å². The molecule has 1 N–H and O–H groups in total. The molecule has 0 unspecified atom stereocenters. The highest BCUT2D eigenvalue weighted by molar-refractivity contribution is 6.30. The highest BCUT2D eigenvalue weighted by Crippen LogP contribution is 2.15. The minimum atomic E-state index is -0.981. The molecule has 0 aliphatic rings. The Morgan fingerprint density at radius 2 is 2.05 bits per heavy atom. The summed E-state index contributed by atoms with van der Waals surface area (Å²) in [6.45, 7) is -0.753. The second-order valence-electron chi connectivity index (χ2n) is 4.12. The first-order valence-corrected chi connectivity index (χ1v) is 6.29. The standard InChI is InChI=1S/C13H14ClFN2O4/c1-16-11(18)6-17(2)12(19)7-21-13(20)9-4-3-8(14)5-10(9)15/h3-5H,6-7H2,1-2H3,(H,16,18). The molecule has 1 aromatic rings. The van der Waals surface area contributed by atoms with Gasteiger partial charge in [0.1, 0.15) is 5.82 Å². The van der Waals surface area contributed by atoms with Gasteiger partial charge in [0, 0.05) is 19.1 Å². The number of halogens is 2. The molecular weight excluding hydrogens is 303 g/mol. The Kier molecular flexibility index (Phi) is 6.10. The summed E-state index contributed by atoms with van der Waals surface area (Å²) in [5.41, 5.74) is -0.318. The molecule has 0 heterocycles. The van der Waals surface area contributed by atoms with Crippen LogP contribution < -0.4 is 5.32 Å². The lowest BCUT2D eigenvalue weighted by Gasteiger charge is -2.15. The highest BCUT2D eigenvalue weighted by Gasteiger charge is 2.17.